The van der Waals surface area contributed by atoms with Crippen LogP contribution in [0.15, 0.2) is 54.9 Å². The summed E-state index contributed by atoms with van der Waals surface area (Å²) < 4.78 is 11.5. The molecule has 1 fully saturated rings. The van der Waals surface area contributed by atoms with Gasteiger partial charge in [-0.15, -0.1) is 0 Å². The third-order valence-electron chi connectivity index (χ3n) is 5.81. The fourth-order valence-electron chi connectivity index (χ4n) is 4.09. The highest BCUT2D eigenvalue weighted by Gasteiger charge is 2.30. The van der Waals surface area contributed by atoms with Gasteiger partial charge in [-0.3, -0.25) is 0 Å². The number of amides is 1. The van der Waals surface area contributed by atoms with Gasteiger partial charge in [-0.25, -0.2) is 14.8 Å². The van der Waals surface area contributed by atoms with E-state index in [0.717, 1.165) is 48.3 Å². The molecule has 1 unspecified atom stereocenters. The van der Waals surface area contributed by atoms with E-state index in [1.54, 1.807) is 11.2 Å². The Hall–Kier alpha value is -3.35. The first-order chi connectivity index (χ1) is 16.4. The van der Waals surface area contributed by atoms with Gasteiger partial charge in [-0.2, -0.15) is 0 Å². The Bertz CT molecular complexity index is 1100. The number of fused-ring (bicyclic) bond motifs is 1. The topological polar surface area (TPSA) is 76.6 Å². The summed E-state index contributed by atoms with van der Waals surface area (Å²) in [7, 11) is 0. The third-order valence-corrected chi connectivity index (χ3v) is 5.81. The Labute approximate surface area is 201 Å². The first-order valence-corrected chi connectivity index (χ1v) is 12.0. The number of anilines is 1. The van der Waals surface area contributed by atoms with Crippen molar-refractivity contribution >= 4 is 22.8 Å². The summed E-state index contributed by atoms with van der Waals surface area (Å²) in [5.74, 6) is 1.90. The van der Waals surface area contributed by atoms with Crippen LogP contribution in [-0.2, 0) is 11.2 Å². The van der Waals surface area contributed by atoms with Gasteiger partial charge in [0.1, 0.15) is 23.5 Å². The van der Waals surface area contributed by atoms with Crippen LogP contribution in [0.25, 0.3) is 10.9 Å². The van der Waals surface area contributed by atoms with E-state index in [0.29, 0.717) is 19.7 Å². The van der Waals surface area contributed by atoms with E-state index in [1.807, 2.05) is 45.0 Å². The quantitative estimate of drug-likeness (QED) is 0.457. The van der Waals surface area contributed by atoms with Crippen molar-refractivity contribution in [2.45, 2.75) is 45.6 Å². The molecule has 0 bridgehead atoms. The lowest BCUT2D eigenvalue weighted by Gasteiger charge is -2.24. The number of carbonyl (C=O) groups is 1. The van der Waals surface area contributed by atoms with E-state index in [1.165, 1.54) is 5.56 Å². The largest absolute Gasteiger partial charge is 0.493 e. The van der Waals surface area contributed by atoms with Crippen molar-refractivity contribution in [1.82, 2.24) is 14.9 Å². The minimum absolute atomic E-state index is 0.249. The molecule has 7 nitrogen and oxygen atoms in total. The number of rotatable bonds is 8. The van der Waals surface area contributed by atoms with Crippen LogP contribution < -0.4 is 10.1 Å². The second-order valence-electron chi connectivity index (χ2n) is 9.81. The predicted octanol–water partition coefficient (Wildman–Crippen LogP) is 5.31. The van der Waals surface area contributed by atoms with Crippen molar-refractivity contribution < 1.29 is 14.3 Å². The molecule has 1 saturated heterocycles. The molecule has 34 heavy (non-hydrogen) atoms. The molecule has 180 valence electrons. The first-order valence-electron chi connectivity index (χ1n) is 12.0. The monoisotopic (exact) mass is 462 g/mol. The lowest BCUT2D eigenvalue weighted by atomic mass is 10.1. The second kappa shape index (κ2) is 10.7. The number of likely N-dealkylation sites (tertiary alicyclic amines) is 1. The molecule has 2 heterocycles. The average Bonchev–Trinajstić information content (AvgIpc) is 3.29. The number of hydrogen-bond donors (Lipinski definition) is 1. The Morgan fingerprint density at radius 3 is 2.76 bits per heavy atom. The molecule has 2 aromatic carbocycles. The van der Waals surface area contributed by atoms with E-state index >= 15 is 0 Å². The maximum absolute atomic E-state index is 12.3. The lowest BCUT2D eigenvalue weighted by molar-refractivity contribution is 0.0285. The van der Waals surface area contributed by atoms with Crippen molar-refractivity contribution in [2.75, 3.05) is 31.6 Å². The number of carbonyl (C=O) groups excluding carboxylic acids is 1. The predicted molar refractivity (Wildman–Crippen MR) is 134 cm³/mol. The van der Waals surface area contributed by atoms with E-state index in [-0.39, 0.29) is 12.0 Å². The van der Waals surface area contributed by atoms with Gasteiger partial charge < -0.3 is 19.7 Å². The van der Waals surface area contributed by atoms with Crippen LogP contribution in [0.2, 0.25) is 0 Å². The van der Waals surface area contributed by atoms with Crippen LogP contribution in [0.4, 0.5) is 10.6 Å². The molecule has 1 atom stereocenters. The minimum atomic E-state index is -0.478. The average molecular weight is 463 g/mol. The molecule has 0 saturated carbocycles. The zero-order chi connectivity index (χ0) is 24.0. The van der Waals surface area contributed by atoms with Crippen molar-refractivity contribution in [1.29, 1.82) is 0 Å². The molecular formula is C27H34N4O3. The summed E-state index contributed by atoms with van der Waals surface area (Å²) >= 11 is 0. The van der Waals surface area contributed by atoms with Gasteiger partial charge in [0.05, 0.1) is 12.1 Å². The smallest absolute Gasteiger partial charge is 0.410 e. The third kappa shape index (κ3) is 6.59. The van der Waals surface area contributed by atoms with E-state index in [4.69, 9.17) is 9.47 Å². The fourth-order valence-corrected chi connectivity index (χ4v) is 4.09. The summed E-state index contributed by atoms with van der Waals surface area (Å²) in [6.07, 6.45) is 4.30. The second-order valence-corrected chi connectivity index (χ2v) is 9.81. The van der Waals surface area contributed by atoms with E-state index in [9.17, 15) is 4.79 Å². The van der Waals surface area contributed by atoms with Gasteiger partial charge in [0.25, 0.3) is 0 Å². The van der Waals surface area contributed by atoms with E-state index in [2.05, 4.69) is 39.6 Å². The van der Waals surface area contributed by atoms with Gasteiger partial charge in [0.2, 0.25) is 0 Å². The normalized spacial score (nSPS) is 16.0. The molecular weight excluding hydrogens is 428 g/mol. The number of hydrogen-bond acceptors (Lipinski definition) is 6. The number of benzene rings is 2. The van der Waals surface area contributed by atoms with Crippen LogP contribution in [0.1, 0.15) is 39.2 Å². The fraction of sp³-hybridized carbons (Fsp3) is 0.444. The van der Waals surface area contributed by atoms with Crippen LogP contribution in [0.3, 0.4) is 0 Å². The Kier molecular flexibility index (Phi) is 7.50. The lowest BCUT2D eigenvalue weighted by Crippen LogP contribution is -2.35. The van der Waals surface area contributed by atoms with Gasteiger partial charge in [-0.05, 0) is 57.7 Å². The Morgan fingerprint density at radius 1 is 1.15 bits per heavy atom. The number of aryl methyl sites for hydroxylation is 1. The molecule has 0 radical (unpaired) electrons. The van der Waals surface area contributed by atoms with E-state index < -0.39 is 5.60 Å². The SMILES string of the molecule is CC(C)(C)OC(=O)N1CCC(COc2ccc3c(NCCCc4ccccc4)ncnc3c2)C1. The first kappa shape index (κ1) is 23.8. The number of nitrogens with one attached hydrogen (secondary N) is 1. The van der Waals surface area contributed by atoms with Gasteiger partial charge in [0.15, 0.2) is 0 Å². The summed E-state index contributed by atoms with van der Waals surface area (Å²) in [5.41, 5.74) is 1.71. The highest BCUT2D eigenvalue weighted by molar-refractivity contribution is 5.89. The molecule has 1 N–H and O–H groups in total. The number of nitrogens with zero attached hydrogens (tertiary/aromatic N) is 3. The van der Waals surface area contributed by atoms with Crippen molar-refractivity contribution in [3.8, 4) is 5.75 Å². The standard InChI is InChI=1S/C27H34N4O3/c1-27(2,3)34-26(32)31-15-13-21(17-31)18-33-22-11-12-23-24(16-22)29-19-30-25(23)28-14-7-10-20-8-5-4-6-9-20/h4-6,8-9,11-12,16,19,21H,7,10,13-15,17-18H2,1-3H3,(H,28,29,30). The van der Waals surface area contributed by atoms with Gasteiger partial charge >= 0.3 is 6.09 Å². The zero-order valence-electron chi connectivity index (χ0n) is 20.3. The highest BCUT2D eigenvalue weighted by Crippen LogP contribution is 2.26. The Balaban J connectivity index is 1.28. The summed E-state index contributed by atoms with van der Waals surface area (Å²) in [4.78, 5) is 22.9. The molecule has 1 aliphatic heterocycles. The van der Waals surface area contributed by atoms with Crippen LogP contribution >= 0.6 is 0 Å². The molecule has 1 amide bonds. The number of aromatic nitrogens is 2. The van der Waals surface area contributed by atoms with Crippen molar-refractivity contribution in [3.05, 3.63) is 60.4 Å². The number of ether oxygens (including phenoxy) is 2. The molecule has 7 heteroatoms. The van der Waals surface area contributed by atoms with Gasteiger partial charge in [0, 0.05) is 37.0 Å². The summed E-state index contributed by atoms with van der Waals surface area (Å²) in [5, 5.41) is 4.42. The summed E-state index contributed by atoms with van der Waals surface area (Å²) in [6, 6.07) is 16.4. The molecule has 1 aliphatic rings. The molecule has 4 rings (SSSR count). The van der Waals surface area contributed by atoms with Crippen LogP contribution in [-0.4, -0.2) is 52.8 Å². The highest BCUT2D eigenvalue weighted by atomic mass is 16.6. The van der Waals surface area contributed by atoms with Crippen molar-refractivity contribution in [2.24, 2.45) is 5.92 Å². The molecule has 1 aromatic heterocycles. The Morgan fingerprint density at radius 2 is 1.97 bits per heavy atom. The van der Waals surface area contributed by atoms with Crippen LogP contribution in [0, 0.1) is 5.92 Å². The van der Waals surface area contributed by atoms with Crippen molar-refractivity contribution in [3.63, 3.8) is 0 Å². The maximum atomic E-state index is 12.3. The van der Waals surface area contributed by atoms with Crippen LogP contribution in [0.5, 0.6) is 5.75 Å². The summed E-state index contributed by atoms with van der Waals surface area (Å²) in [6.45, 7) is 8.41. The maximum Gasteiger partial charge on any atom is 0.410 e. The zero-order valence-corrected chi connectivity index (χ0v) is 20.3. The van der Waals surface area contributed by atoms with Gasteiger partial charge in [-0.1, -0.05) is 30.3 Å². The molecule has 0 aliphatic carbocycles. The molecule has 0 spiro atoms. The minimum Gasteiger partial charge on any atom is -0.493 e. The molecule has 3 aromatic rings.